The van der Waals surface area contributed by atoms with Gasteiger partial charge in [0.05, 0.1) is 6.54 Å². The van der Waals surface area contributed by atoms with E-state index < -0.39 is 12.0 Å². The highest BCUT2D eigenvalue weighted by atomic mass is 16.4. The largest absolute Gasteiger partial charge is 0.480 e. The number of hydrogen-bond donors (Lipinski definition) is 2. The first kappa shape index (κ1) is 12.0. The fraction of sp³-hybridized carbons (Fsp3) is 0.800. The molecule has 1 rings (SSSR count). The zero-order valence-corrected chi connectivity index (χ0v) is 9.19. The number of carboxylic acids is 1. The van der Waals surface area contributed by atoms with Gasteiger partial charge < -0.3 is 10.4 Å². The van der Waals surface area contributed by atoms with E-state index in [1.165, 1.54) is 0 Å². The van der Waals surface area contributed by atoms with Gasteiger partial charge in [0, 0.05) is 13.1 Å². The van der Waals surface area contributed by atoms with Crippen LogP contribution in [0.25, 0.3) is 0 Å². The third-order valence-electron chi connectivity index (χ3n) is 2.49. The Hall–Kier alpha value is -1.10. The van der Waals surface area contributed by atoms with Gasteiger partial charge in [-0.15, -0.1) is 0 Å². The van der Waals surface area contributed by atoms with Crippen LogP contribution in [0.15, 0.2) is 0 Å². The SMILES string of the molecule is CC(C)C[C@H](C(=O)O)N1CCNC(=O)C1. The van der Waals surface area contributed by atoms with Crippen LogP contribution in [-0.2, 0) is 9.59 Å². The fourth-order valence-electron chi connectivity index (χ4n) is 1.78. The van der Waals surface area contributed by atoms with Crippen molar-refractivity contribution in [2.24, 2.45) is 5.92 Å². The van der Waals surface area contributed by atoms with Crippen LogP contribution < -0.4 is 5.32 Å². The lowest BCUT2D eigenvalue weighted by Crippen LogP contribution is -2.54. The van der Waals surface area contributed by atoms with Crippen LogP contribution in [0.4, 0.5) is 0 Å². The lowest BCUT2D eigenvalue weighted by atomic mass is 10.0. The Morgan fingerprint density at radius 3 is 2.73 bits per heavy atom. The molecule has 1 aliphatic rings. The van der Waals surface area contributed by atoms with Crippen molar-refractivity contribution < 1.29 is 14.7 Å². The second-order valence-corrected chi connectivity index (χ2v) is 4.30. The molecule has 0 radical (unpaired) electrons. The molecule has 5 nitrogen and oxygen atoms in total. The van der Waals surface area contributed by atoms with Crippen LogP contribution in [0.2, 0.25) is 0 Å². The first-order chi connectivity index (χ1) is 7.00. The van der Waals surface area contributed by atoms with Gasteiger partial charge in [0.2, 0.25) is 5.91 Å². The Kier molecular flexibility index (Phi) is 4.08. The van der Waals surface area contributed by atoms with E-state index in [1.54, 1.807) is 4.90 Å². The van der Waals surface area contributed by atoms with Gasteiger partial charge in [0.25, 0.3) is 0 Å². The van der Waals surface area contributed by atoms with Crippen LogP contribution >= 0.6 is 0 Å². The average Bonchev–Trinajstić information content (AvgIpc) is 2.13. The minimum atomic E-state index is -0.835. The molecule has 0 saturated carbocycles. The number of amides is 1. The molecule has 1 heterocycles. The van der Waals surface area contributed by atoms with Crippen LogP contribution in [-0.4, -0.2) is 47.6 Å². The van der Waals surface area contributed by atoms with Crippen molar-refractivity contribution in [3.05, 3.63) is 0 Å². The molecule has 1 atom stereocenters. The second-order valence-electron chi connectivity index (χ2n) is 4.30. The quantitative estimate of drug-likeness (QED) is 0.686. The van der Waals surface area contributed by atoms with Gasteiger partial charge >= 0.3 is 5.97 Å². The van der Waals surface area contributed by atoms with Crippen LogP contribution in [0.5, 0.6) is 0 Å². The molecular formula is C10H18N2O3. The predicted molar refractivity (Wildman–Crippen MR) is 55.5 cm³/mol. The summed E-state index contributed by atoms with van der Waals surface area (Å²) in [6, 6.07) is -0.531. The van der Waals surface area contributed by atoms with Gasteiger partial charge in [0.15, 0.2) is 0 Å². The maximum absolute atomic E-state index is 11.1. The van der Waals surface area contributed by atoms with Gasteiger partial charge in [-0.3, -0.25) is 14.5 Å². The summed E-state index contributed by atoms with van der Waals surface area (Å²) in [5, 5.41) is 11.8. The van der Waals surface area contributed by atoms with Crippen molar-refractivity contribution >= 4 is 11.9 Å². The number of hydrogen-bond acceptors (Lipinski definition) is 3. The topological polar surface area (TPSA) is 69.6 Å². The third kappa shape index (κ3) is 3.51. The van der Waals surface area contributed by atoms with Gasteiger partial charge in [0.1, 0.15) is 6.04 Å². The van der Waals surface area contributed by atoms with Gasteiger partial charge in [-0.25, -0.2) is 0 Å². The Bertz CT molecular complexity index is 253. The highest BCUT2D eigenvalue weighted by Gasteiger charge is 2.29. The highest BCUT2D eigenvalue weighted by Crippen LogP contribution is 2.12. The zero-order valence-electron chi connectivity index (χ0n) is 9.19. The summed E-state index contributed by atoms with van der Waals surface area (Å²) in [6.45, 7) is 5.33. The summed E-state index contributed by atoms with van der Waals surface area (Å²) in [7, 11) is 0. The zero-order chi connectivity index (χ0) is 11.4. The standard InChI is InChI=1S/C10H18N2O3/c1-7(2)5-8(10(14)15)12-4-3-11-9(13)6-12/h7-8H,3-6H2,1-2H3,(H,11,13)(H,14,15)/t8-/m1/s1. The Labute approximate surface area is 89.4 Å². The van der Waals surface area contributed by atoms with Crippen molar-refractivity contribution in [2.45, 2.75) is 26.3 Å². The Morgan fingerprint density at radius 1 is 1.60 bits per heavy atom. The van der Waals surface area contributed by atoms with E-state index in [9.17, 15) is 9.59 Å². The number of carbonyl (C=O) groups excluding carboxylic acids is 1. The van der Waals surface area contributed by atoms with E-state index in [1.807, 2.05) is 13.8 Å². The number of carboxylic acid groups (broad SMARTS) is 1. The summed E-state index contributed by atoms with van der Waals surface area (Å²) in [4.78, 5) is 23.9. The monoisotopic (exact) mass is 214 g/mol. The van der Waals surface area contributed by atoms with Gasteiger partial charge in [-0.05, 0) is 12.3 Å². The number of carbonyl (C=O) groups is 2. The molecule has 0 aromatic heterocycles. The van der Waals surface area contributed by atoms with Gasteiger partial charge in [-0.2, -0.15) is 0 Å². The van der Waals surface area contributed by atoms with E-state index >= 15 is 0 Å². The molecule has 0 bridgehead atoms. The molecule has 1 saturated heterocycles. The molecule has 2 N–H and O–H groups in total. The summed E-state index contributed by atoms with van der Waals surface area (Å²) in [6.07, 6.45) is 0.586. The van der Waals surface area contributed by atoms with Crippen LogP contribution in [0.1, 0.15) is 20.3 Å². The Balaban J connectivity index is 2.62. The lowest BCUT2D eigenvalue weighted by Gasteiger charge is -2.32. The number of piperazine rings is 1. The van der Waals surface area contributed by atoms with Crippen molar-refractivity contribution in [1.29, 1.82) is 0 Å². The normalized spacial score (nSPS) is 20.1. The molecule has 0 unspecified atom stereocenters. The maximum Gasteiger partial charge on any atom is 0.320 e. The van der Waals surface area contributed by atoms with E-state index in [0.717, 1.165) is 0 Å². The van der Waals surface area contributed by atoms with Crippen molar-refractivity contribution in [3.8, 4) is 0 Å². The molecule has 5 heteroatoms. The van der Waals surface area contributed by atoms with E-state index in [2.05, 4.69) is 5.32 Å². The molecule has 1 fully saturated rings. The highest BCUT2D eigenvalue weighted by molar-refractivity contribution is 5.80. The molecule has 0 aromatic carbocycles. The number of nitrogens with one attached hydrogen (secondary N) is 1. The van der Waals surface area contributed by atoms with Gasteiger partial charge in [-0.1, -0.05) is 13.8 Å². The maximum atomic E-state index is 11.1. The van der Waals surface area contributed by atoms with Crippen molar-refractivity contribution in [3.63, 3.8) is 0 Å². The minimum absolute atomic E-state index is 0.0868. The predicted octanol–water partition coefficient (Wildman–Crippen LogP) is -0.0825. The van der Waals surface area contributed by atoms with E-state index in [-0.39, 0.29) is 12.5 Å². The van der Waals surface area contributed by atoms with Crippen LogP contribution in [0.3, 0.4) is 0 Å². The first-order valence-electron chi connectivity index (χ1n) is 5.24. The first-order valence-corrected chi connectivity index (χ1v) is 5.24. The van der Waals surface area contributed by atoms with Crippen molar-refractivity contribution in [1.82, 2.24) is 10.2 Å². The Morgan fingerprint density at radius 2 is 2.27 bits per heavy atom. The summed E-state index contributed by atoms with van der Waals surface area (Å²) < 4.78 is 0. The molecular weight excluding hydrogens is 196 g/mol. The fourth-order valence-corrected chi connectivity index (χ4v) is 1.78. The molecule has 0 spiro atoms. The molecule has 15 heavy (non-hydrogen) atoms. The third-order valence-corrected chi connectivity index (χ3v) is 2.49. The summed E-state index contributed by atoms with van der Waals surface area (Å²) >= 11 is 0. The molecule has 0 aliphatic carbocycles. The molecule has 86 valence electrons. The number of nitrogens with zero attached hydrogens (tertiary/aromatic N) is 1. The van der Waals surface area contributed by atoms with E-state index in [0.29, 0.717) is 25.4 Å². The summed E-state index contributed by atoms with van der Waals surface area (Å²) in [5.74, 6) is -0.606. The summed E-state index contributed by atoms with van der Waals surface area (Å²) in [5.41, 5.74) is 0. The smallest absolute Gasteiger partial charge is 0.320 e. The van der Waals surface area contributed by atoms with Crippen LogP contribution in [0, 0.1) is 5.92 Å². The lowest BCUT2D eigenvalue weighted by molar-refractivity contribution is -0.145. The molecule has 1 aliphatic heterocycles. The molecule has 0 aromatic rings. The number of rotatable bonds is 4. The number of aliphatic carboxylic acids is 1. The average molecular weight is 214 g/mol. The minimum Gasteiger partial charge on any atom is -0.480 e. The second kappa shape index (κ2) is 5.11. The van der Waals surface area contributed by atoms with E-state index in [4.69, 9.17) is 5.11 Å². The van der Waals surface area contributed by atoms with Crippen molar-refractivity contribution in [2.75, 3.05) is 19.6 Å². The molecule has 1 amide bonds.